The van der Waals surface area contributed by atoms with Crippen molar-refractivity contribution in [2.75, 3.05) is 16.8 Å². The molecule has 38 heavy (non-hydrogen) atoms. The van der Waals surface area contributed by atoms with Crippen LogP contribution in [0.15, 0.2) is 30.5 Å². The summed E-state index contributed by atoms with van der Waals surface area (Å²) in [5.74, 6) is -2.09. The number of aromatic nitrogens is 1. The Balaban J connectivity index is 2.07. The first-order valence-electron chi connectivity index (χ1n) is 11.9. The highest BCUT2D eigenvalue weighted by atomic mass is 32.1. The van der Waals surface area contributed by atoms with Gasteiger partial charge in [0.2, 0.25) is 0 Å². The molecule has 7 nitrogen and oxygen atoms in total. The summed E-state index contributed by atoms with van der Waals surface area (Å²) in [4.78, 5) is 31.5. The Morgan fingerprint density at radius 3 is 2.47 bits per heavy atom. The Kier molecular flexibility index (Phi) is 8.41. The maximum atomic E-state index is 14.8. The van der Waals surface area contributed by atoms with E-state index in [0.717, 1.165) is 30.0 Å². The molecule has 0 radical (unpaired) electrons. The summed E-state index contributed by atoms with van der Waals surface area (Å²) in [6.45, 7) is 6.23. The minimum atomic E-state index is -4.89. The van der Waals surface area contributed by atoms with Crippen LogP contribution >= 0.6 is 12.2 Å². The van der Waals surface area contributed by atoms with Gasteiger partial charge in [-0.25, -0.2) is 9.37 Å². The van der Waals surface area contributed by atoms with Crippen LogP contribution in [-0.4, -0.2) is 35.0 Å². The number of hydrogen-bond donors (Lipinski definition) is 1. The van der Waals surface area contributed by atoms with Crippen LogP contribution in [0.1, 0.15) is 68.1 Å². The number of hydrogen-bond acceptors (Lipinski definition) is 5. The molecule has 2 heterocycles. The lowest BCUT2D eigenvalue weighted by Crippen LogP contribution is -2.35. The van der Waals surface area contributed by atoms with E-state index >= 15 is 0 Å². The molecule has 0 unspecified atom stereocenters. The van der Waals surface area contributed by atoms with E-state index in [1.54, 1.807) is 0 Å². The fourth-order valence-electron chi connectivity index (χ4n) is 4.18. The highest BCUT2D eigenvalue weighted by molar-refractivity contribution is 7.81. The molecular formula is C26H27F4N5O2S. The lowest BCUT2D eigenvalue weighted by atomic mass is 9.84. The van der Waals surface area contributed by atoms with Gasteiger partial charge in [0.25, 0.3) is 11.8 Å². The number of benzene rings is 1. The summed E-state index contributed by atoms with van der Waals surface area (Å²) < 4.78 is 55.6. The Morgan fingerprint density at radius 2 is 1.92 bits per heavy atom. The van der Waals surface area contributed by atoms with Crippen LogP contribution in [-0.2, 0) is 11.0 Å². The van der Waals surface area contributed by atoms with Gasteiger partial charge in [-0.1, -0.05) is 33.6 Å². The molecule has 1 aromatic heterocycles. The van der Waals surface area contributed by atoms with Gasteiger partial charge in [-0.15, -0.1) is 0 Å². The second kappa shape index (κ2) is 11.0. The summed E-state index contributed by atoms with van der Waals surface area (Å²) in [6, 6.07) is 4.88. The highest BCUT2D eigenvalue weighted by Crippen LogP contribution is 2.38. The third-order valence-electron chi connectivity index (χ3n) is 6.75. The summed E-state index contributed by atoms with van der Waals surface area (Å²) in [7, 11) is 1.36. The zero-order valence-electron chi connectivity index (χ0n) is 21.3. The van der Waals surface area contributed by atoms with Crippen molar-refractivity contribution >= 4 is 40.5 Å². The van der Waals surface area contributed by atoms with Crippen LogP contribution in [0.3, 0.4) is 0 Å². The Morgan fingerprint density at radius 1 is 1.24 bits per heavy atom. The molecule has 1 N–H and O–H groups in total. The highest BCUT2D eigenvalue weighted by Gasteiger charge is 2.45. The largest absolute Gasteiger partial charge is 0.419 e. The molecule has 3 rings (SSSR count). The molecule has 0 spiro atoms. The first-order chi connectivity index (χ1) is 17.8. The minimum Gasteiger partial charge on any atom is -0.355 e. The van der Waals surface area contributed by atoms with Crippen LogP contribution in [0.4, 0.5) is 28.9 Å². The standard InChI is InChI=1S/C26H27F4N5O2S/c1-5-25(2,3)10-6-7-21-23(37)35(16-11-18(26(28,29)30)20(13-31)33-14-16)24(38)34(21)15-8-9-17(19(27)12-15)22(36)32-4/h8-9,11-12,14,21H,5-7,10H2,1-4H3,(H,32,36)/t21-/m1/s1. The zero-order valence-corrected chi connectivity index (χ0v) is 22.1. The van der Waals surface area contributed by atoms with Crippen LogP contribution in [0.2, 0.25) is 0 Å². The number of amides is 2. The molecule has 1 saturated heterocycles. The Hall–Kier alpha value is -3.59. The van der Waals surface area contributed by atoms with E-state index in [-0.39, 0.29) is 27.5 Å². The van der Waals surface area contributed by atoms with Crippen molar-refractivity contribution in [1.82, 2.24) is 10.3 Å². The predicted octanol–water partition coefficient (Wildman–Crippen LogP) is 5.58. The smallest absolute Gasteiger partial charge is 0.355 e. The summed E-state index contributed by atoms with van der Waals surface area (Å²) in [5.41, 5.74) is -2.41. The van der Waals surface area contributed by atoms with Gasteiger partial charge in [0.15, 0.2) is 10.8 Å². The van der Waals surface area contributed by atoms with Crippen molar-refractivity contribution < 1.29 is 27.2 Å². The number of nitriles is 1. The van der Waals surface area contributed by atoms with Gasteiger partial charge in [-0.2, -0.15) is 18.4 Å². The molecule has 202 valence electrons. The second-order valence-electron chi connectivity index (χ2n) is 9.69. The van der Waals surface area contributed by atoms with Crippen LogP contribution < -0.4 is 15.1 Å². The molecular weight excluding hydrogens is 522 g/mol. The Labute approximate surface area is 223 Å². The van der Waals surface area contributed by atoms with Gasteiger partial charge in [0, 0.05) is 12.7 Å². The van der Waals surface area contributed by atoms with E-state index in [1.807, 2.05) is 0 Å². The average molecular weight is 550 g/mol. The lowest BCUT2D eigenvalue weighted by molar-refractivity contribution is -0.138. The van der Waals surface area contributed by atoms with Gasteiger partial charge in [-0.3, -0.25) is 14.5 Å². The molecule has 0 saturated carbocycles. The molecule has 1 fully saturated rings. The van der Waals surface area contributed by atoms with Crippen molar-refractivity contribution in [1.29, 1.82) is 5.26 Å². The van der Waals surface area contributed by atoms with Crippen molar-refractivity contribution in [2.45, 2.75) is 58.7 Å². The van der Waals surface area contributed by atoms with E-state index in [1.165, 1.54) is 30.1 Å². The van der Waals surface area contributed by atoms with E-state index in [0.29, 0.717) is 18.9 Å². The predicted molar refractivity (Wildman–Crippen MR) is 138 cm³/mol. The number of carbonyl (C=O) groups excluding carboxylic acids is 2. The summed E-state index contributed by atoms with van der Waals surface area (Å²) in [5, 5.41) is 11.2. The number of nitrogens with one attached hydrogen (secondary N) is 1. The van der Waals surface area contributed by atoms with Crippen LogP contribution in [0.25, 0.3) is 0 Å². The normalized spacial score (nSPS) is 16.1. The van der Waals surface area contributed by atoms with Gasteiger partial charge >= 0.3 is 6.18 Å². The molecule has 2 aromatic rings. The average Bonchev–Trinajstić information content (AvgIpc) is 3.11. The van der Waals surface area contributed by atoms with Gasteiger partial charge in [0.1, 0.15) is 17.9 Å². The number of halogens is 4. The number of anilines is 2. The lowest BCUT2D eigenvalue weighted by Gasteiger charge is -2.26. The number of alkyl halides is 3. The van der Waals surface area contributed by atoms with Crippen LogP contribution in [0, 0.1) is 22.6 Å². The SMILES string of the molecule is CCC(C)(C)CCC[C@@H]1C(=O)N(c2cnc(C#N)c(C(F)(F)F)c2)C(=S)N1c1ccc(C(=O)NC)c(F)c1. The van der Waals surface area contributed by atoms with Crippen molar-refractivity contribution in [3.8, 4) is 6.07 Å². The topological polar surface area (TPSA) is 89.3 Å². The van der Waals surface area contributed by atoms with Crippen molar-refractivity contribution in [3.05, 3.63) is 53.1 Å². The number of pyridine rings is 1. The molecule has 1 aliphatic heterocycles. The number of thiocarbonyl (C=S) groups is 1. The van der Waals surface area contributed by atoms with E-state index < -0.39 is 41.1 Å². The number of rotatable bonds is 8. The zero-order chi connectivity index (χ0) is 28.4. The van der Waals surface area contributed by atoms with E-state index in [4.69, 9.17) is 17.5 Å². The third kappa shape index (κ3) is 5.78. The first-order valence-corrected chi connectivity index (χ1v) is 12.3. The maximum absolute atomic E-state index is 14.8. The fraction of sp³-hybridized carbons (Fsp3) is 0.423. The third-order valence-corrected chi connectivity index (χ3v) is 7.13. The molecule has 1 atom stereocenters. The molecule has 0 bridgehead atoms. The molecule has 12 heteroatoms. The first kappa shape index (κ1) is 29.0. The van der Waals surface area contributed by atoms with Gasteiger partial charge in [0.05, 0.1) is 23.0 Å². The molecule has 0 aliphatic carbocycles. The Bertz CT molecular complexity index is 1310. The number of nitrogens with zero attached hydrogens (tertiary/aromatic N) is 4. The van der Waals surface area contributed by atoms with Gasteiger partial charge in [-0.05, 0) is 54.7 Å². The second-order valence-corrected chi connectivity index (χ2v) is 10.1. The molecule has 1 aromatic carbocycles. The van der Waals surface area contributed by atoms with E-state index in [9.17, 15) is 27.2 Å². The summed E-state index contributed by atoms with van der Waals surface area (Å²) >= 11 is 5.53. The summed E-state index contributed by atoms with van der Waals surface area (Å²) in [6.07, 6.45) is -1.33. The molecule has 2 amide bonds. The van der Waals surface area contributed by atoms with Gasteiger partial charge < -0.3 is 10.2 Å². The van der Waals surface area contributed by atoms with E-state index in [2.05, 4.69) is 31.1 Å². The quantitative estimate of drug-likeness (QED) is 0.342. The molecule has 1 aliphatic rings. The number of carbonyl (C=O) groups is 2. The maximum Gasteiger partial charge on any atom is 0.419 e. The monoisotopic (exact) mass is 549 g/mol. The van der Waals surface area contributed by atoms with Crippen LogP contribution in [0.5, 0.6) is 0 Å². The fourth-order valence-corrected chi connectivity index (χ4v) is 4.61. The van der Waals surface area contributed by atoms with Crippen molar-refractivity contribution in [2.24, 2.45) is 5.41 Å². The van der Waals surface area contributed by atoms with Crippen molar-refractivity contribution in [3.63, 3.8) is 0 Å². The minimum absolute atomic E-state index is 0.00655.